The number of benzene rings is 1. The van der Waals surface area contributed by atoms with Crippen LogP contribution in [0, 0.1) is 5.92 Å². The Kier molecular flexibility index (Phi) is 9.42. The molecule has 1 fully saturated rings. The van der Waals surface area contributed by atoms with E-state index in [1.807, 2.05) is 7.05 Å². The summed E-state index contributed by atoms with van der Waals surface area (Å²) in [5.74, 6) is 1.80. The van der Waals surface area contributed by atoms with Gasteiger partial charge in [0.25, 0.3) is 0 Å². The topological polar surface area (TPSA) is 39.7 Å². The Morgan fingerprint density at radius 3 is 2.48 bits per heavy atom. The van der Waals surface area contributed by atoms with Gasteiger partial charge in [0.05, 0.1) is 0 Å². The fourth-order valence-corrected chi connectivity index (χ4v) is 3.49. The average Bonchev–Trinajstić information content (AvgIpc) is 2.66. The fourth-order valence-electron chi connectivity index (χ4n) is 3.49. The lowest BCUT2D eigenvalue weighted by Crippen LogP contribution is -2.38. The van der Waals surface area contributed by atoms with Gasteiger partial charge in [0.15, 0.2) is 5.96 Å². The number of unbranched alkanes of at least 4 members (excludes halogenated alkanes) is 1. The van der Waals surface area contributed by atoms with Crippen molar-refractivity contribution in [3.63, 3.8) is 0 Å². The van der Waals surface area contributed by atoms with E-state index >= 15 is 0 Å². The van der Waals surface area contributed by atoms with E-state index in [9.17, 15) is 0 Å². The minimum absolute atomic E-state index is 0.869. The number of rotatable bonds is 9. The number of likely N-dealkylation sites (tertiary alicyclic amines) is 1. The lowest BCUT2D eigenvalue weighted by Gasteiger charge is -2.32. The second-order valence-corrected chi connectivity index (χ2v) is 7.11. The lowest BCUT2D eigenvalue weighted by atomic mass is 9.90. The molecule has 0 amide bonds. The normalized spacial score (nSPS) is 16.8. The molecule has 0 atom stereocenters. The van der Waals surface area contributed by atoms with Crippen molar-refractivity contribution in [2.24, 2.45) is 10.9 Å². The van der Waals surface area contributed by atoms with Gasteiger partial charge in [-0.3, -0.25) is 4.99 Å². The molecule has 25 heavy (non-hydrogen) atoms. The summed E-state index contributed by atoms with van der Waals surface area (Å²) in [5.41, 5.74) is 1.50. The number of guanidine groups is 1. The van der Waals surface area contributed by atoms with E-state index in [1.165, 1.54) is 57.3 Å². The third-order valence-corrected chi connectivity index (χ3v) is 5.03. The average molecular weight is 345 g/mol. The van der Waals surface area contributed by atoms with Crippen LogP contribution in [0.2, 0.25) is 0 Å². The highest BCUT2D eigenvalue weighted by atomic mass is 15.2. The molecule has 1 heterocycles. The van der Waals surface area contributed by atoms with Crippen LogP contribution in [0.15, 0.2) is 35.3 Å². The first-order valence-corrected chi connectivity index (χ1v) is 10.0. The first-order chi connectivity index (χ1) is 12.3. The summed E-state index contributed by atoms with van der Waals surface area (Å²) in [6.45, 7) is 7.94. The molecule has 0 unspecified atom stereocenters. The number of hydrogen-bond acceptors (Lipinski definition) is 2. The Morgan fingerprint density at radius 1 is 1.08 bits per heavy atom. The summed E-state index contributed by atoms with van der Waals surface area (Å²) in [5, 5.41) is 6.71. The zero-order valence-corrected chi connectivity index (χ0v) is 16.1. The maximum atomic E-state index is 4.24. The van der Waals surface area contributed by atoms with Crippen LogP contribution in [0.4, 0.5) is 0 Å². The summed E-state index contributed by atoms with van der Waals surface area (Å²) < 4.78 is 0. The molecule has 1 aliphatic heterocycles. The van der Waals surface area contributed by atoms with Crippen LogP contribution >= 0.6 is 0 Å². The van der Waals surface area contributed by atoms with Gasteiger partial charge in [-0.1, -0.05) is 37.3 Å². The van der Waals surface area contributed by atoms with Crippen molar-refractivity contribution in [2.45, 2.75) is 45.4 Å². The molecule has 2 rings (SSSR count). The molecule has 0 radical (unpaired) electrons. The van der Waals surface area contributed by atoms with E-state index < -0.39 is 0 Å². The van der Waals surface area contributed by atoms with Crippen molar-refractivity contribution in [3.05, 3.63) is 35.9 Å². The molecule has 0 aromatic heterocycles. The third kappa shape index (κ3) is 7.91. The minimum atomic E-state index is 0.869. The molecule has 0 saturated carbocycles. The van der Waals surface area contributed by atoms with Gasteiger partial charge in [-0.2, -0.15) is 0 Å². The first kappa shape index (κ1) is 19.8. The highest BCUT2D eigenvalue weighted by Crippen LogP contribution is 2.21. The van der Waals surface area contributed by atoms with Gasteiger partial charge in [-0.05, 0) is 69.6 Å². The van der Waals surface area contributed by atoms with Crippen LogP contribution in [0.3, 0.4) is 0 Å². The standard InChI is InChI=1S/C21H36N4/c1-3-13-23-21(22-2)24-14-7-8-15-25-16-11-20(12-17-25)18-19-9-5-4-6-10-19/h4-6,9-10,20H,3,7-8,11-18H2,1-2H3,(H2,22,23,24). The van der Waals surface area contributed by atoms with Crippen molar-refractivity contribution >= 4 is 5.96 Å². The van der Waals surface area contributed by atoms with Crippen molar-refractivity contribution in [1.82, 2.24) is 15.5 Å². The number of piperidine rings is 1. The summed E-state index contributed by atoms with van der Waals surface area (Å²) in [4.78, 5) is 6.88. The molecule has 0 spiro atoms. The molecule has 1 aromatic rings. The number of hydrogen-bond donors (Lipinski definition) is 2. The molecule has 1 aliphatic rings. The van der Waals surface area contributed by atoms with Crippen LogP contribution in [0.1, 0.15) is 44.6 Å². The Morgan fingerprint density at radius 2 is 1.80 bits per heavy atom. The van der Waals surface area contributed by atoms with Crippen LogP contribution in [0.5, 0.6) is 0 Å². The monoisotopic (exact) mass is 344 g/mol. The van der Waals surface area contributed by atoms with Crippen molar-refractivity contribution in [3.8, 4) is 0 Å². The second kappa shape index (κ2) is 11.9. The van der Waals surface area contributed by atoms with Gasteiger partial charge in [-0.15, -0.1) is 0 Å². The predicted molar refractivity (Wildman–Crippen MR) is 108 cm³/mol. The lowest BCUT2D eigenvalue weighted by molar-refractivity contribution is 0.181. The summed E-state index contributed by atoms with van der Waals surface area (Å²) in [6, 6.07) is 11.0. The van der Waals surface area contributed by atoms with Gasteiger partial charge in [-0.25, -0.2) is 0 Å². The van der Waals surface area contributed by atoms with Crippen molar-refractivity contribution in [1.29, 1.82) is 0 Å². The largest absolute Gasteiger partial charge is 0.356 e. The van der Waals surface area contributed by atoms with Crippen LogP contribution in [0.25, 0.3) is 0 Å². The number of nitrogens with zero attached hydrogens (tertiary/aromatic N) is 2. The van der Waals surface area contributed by atoms with E-state index in [0.29, 0.717) is 0 Å². The van der Waals surface area contributed by atoms with Gasteiger partial charge < -0.3 is 15.5 Å². The molecular formula is C21H36N4. The quantitative estimate of drug-likeness (QED) is 0.410. The second-order valence-electron chi connectivity index (χ2n) is 7.11. The van der Waals surface area contributed by atoms with E-state index in [-0.39, 0.29) is 0 Å². The van der Waals surface area contributed by atoms with Gasteiger partial charge in [0.2, 0.25) is 0 Å². The van der Waals surface area contributed by atoms with E-state index in [2.05, 4.69) is 57.8 Å². The van der Waals surface area contributed by atoms with Gasteiger partial charge >= 0.3 is 0 Å². The van der Waals surface area contributed by atoms with E-state index in [0.717, 1.165) is 31.4 Å². The van der Waals surface area contributed by atoms with Gasteiger partial charge in [0.1, 0.15) is 0 Å². The maximum Gasteiger partial charge on any atom is 0.190 e. The fraction of sp³-hybridized carbons (Fsp3) is 0.667. The van der Waals surface area contributed by atoms with E-state index in [1.54, 1.807) is 0 Å². The summed E-state index contributed by atoms with van der Waals surface area (Å²) in [6.07, 6.45) is 7.54. The number of nitrogens with one attached hydrogen (secondary N) is 2. The highest BCUT2D eigenvalue weighted by molar-refractivity contribution is 5.79. The molecule has 4 heteroatoms. The maximum absolute atomic E-state index is 4.24. The minimum Gasteiger partial charge on any atom is -0.356 e. The molecule has 0 aliphatic carbocycles. The molecule has 1 saturated heterocycles. The molecular weight excluding hydrogens is 308 g/mol. The first-order valence-electron chi connectivity index (χ1n) is 10.0. The Labute approximate surface area is 154 Å². The SMILES string of the molecule is CCCNC(=NC)NCCCCN1CCC(Cc2ccccc2)CC1. The van der Waals surface area contributed by atoms with E-state index in [4.69, 9.17) is 0 Å². The molecule has 0 bridgehead atoms. The Bertz CT molecular complexity index is 478. The van der Waals surface area contributed by atoms with Crippen LogP contribution < -0.4 is 10.6 Å². The predicted octanol–water partition coefficient (Wildman–Crippen LogP) is 3.30. The van der Waals surface area contributed by atoms with Gasteiger partial charge in [0, 0.05) is 20.1 Å². The smallest absolute Gasteiger partial charge is 0.190 e. The van der Waals surface area contributed by atoms with Crippen LogP contribution in [-0.4, -0.2) is 50.6 Å². The Balaban J connectivity index is 1.52. The molecule has 4 nitrogen and oxygen atoms in total. The molecule has 140 valence electrons. The van der Waals surface area contributed by atoms with Crippen molar-refractivity contribution < 1.29 is 0 Å². The number of aliphatic imine (C=N–C) groups is 1. The Hall–Kier alpha value is -1.55. The molecule has 2 N–H and O–H groups in total. The zero-order valence-electron chi connectivity index (χ0n) is 16.1. The third-order valence-electron chi connectivity index (χ3n) is 5.03. The summed E-state index contributed by atoms with van der Waals surface area (Å²) >= 11 is 0. The molecule has 1 aromatic carbocycles. The zero-order chi connectivity index (χ0) is 17.7. The van der Waals surface area contributed by atoms with Crippen LogP contribution in [-0.2, 0) is 6.42 Å². The highest BCUT2D eigenvalue weighted by Gasteiger charge is 2.18. The summed E-state index contributed by atoms with van der Waals surface area (Å²) in [7, 11) is 1.84. The van der Waals surface area contributed by atoms with Crippen molar-refractivity contribution in [2.75, 3.05) is 39.8 Å².